The molecule has 1 N–H and O–H groups in total. The van der Waals surface area contributed by atoms with Crippen molar-refractivity contribution in [2.45, 2.75) is 0 Å². The van der Waals surface area contributed by atoms with Gasteiger partial charge in [-0.1, -0.05) is 11.6 Å². The number of hydrogen-bond acceptors (Lipinski definition) is 2. The fourth-order valence-electron chi connectivity index (χ4n) is 1.12. The van der Waals surface area contributed by atoms with Gasteiger partial charge < -0.3 is 5.11 Å². The van der Waals surface area contributed by atoms with Gasteiger partial charge in [0.05, 0.1) is 10.5 Å². The SMILES string of the molecule is Oc1cc(Cl)c2cccnc2c1. The summed E-state index contributed by atoms with van der Waals surface area (Å²) in [6.45, 7) is 0. The summed E-state index contributed by atoms with van der Waals surface area (Å²) in [7, 11) is 0. The largest absolute Gasteiger partial charge is 0.508 e. The van der Waals surface area contributed by atoms with E-state index in [1.54, 1.807) is 12.3 Å². The Morgan fingerprint density at radius 3 is 3.00 bits per heavy atom. The van der Waals surface area contributed by atoms with Crippen molar-refractivity contribution in [3.05, 3.63) is 35.5 Å². The number of phenols is 1. The van der Waals surface area contributed by atoms with Crippen LogP contribution in [0.1, 0.15) is 0 Å². The van der Waals surface area contributed by atoms with Gasteiger partial charge in [-0.05, 0) is 18.2 Å². The first kappa shape index (κ1) is 7.37. The second kappa shape index (κ2) is 2.64. The molecule has 0 amide bonds. The summed E-state index contributed by atoms with van der Waals surface area (Å²) in [6, 6.07) is 6.77. The highest BCUT2D eigenvalue weighted by atomic mass is 35.5. The van der Waals surface area contributed by atoms with Crippen molar-refractivity contribution in [1.82, 2.24) is 4.98 Å². The normalized spacial score (nSPS) is 10.4. The molecule has 0 aliphatic heterocycles. The lowest BCUT2D eigenvalue weighted by molar-refractivity contribution is 0.476. The number of pyridine rings is 1. The molecule has 3 heteroatoms. The van der Waals surface area contributed by atoms with E-state index in [1.165, 1.54) is 6.07 Å². The van der Waals surface area contributed by atoms with E-state index in [9.17, 15) is 5.11 Å². The molecule has 60 valence electrons. The molecule has 1 aromatic carbocycles. The van der Waals surface area contributed by atoms with Gasteiger partial charge in [-0.25, -0.2) is 0 Å². The zero-order valence-electron chi connectivity index (χ0n) is 6.16. The highest BCUT2D eigenvalue weighted by Crippen LogP contribution is 2.26. The molecule has 0 aliphatic rings. The molecule has 2 rings (SSSR count). The van der Waals surface area contributed by atoms with Crippen molar-refractivity contribution in [3.63, 3.8) is 0 Å². The predicted octanol–water partition coefficient (Wildman–Crippen LogP) is 2.59. The van der Waals surface area contributed by atoms with Crippen LogP contribution in [-0.4, -0.2) is 10.1 Å². The lowest BCUT2D eigenvalue weighted by Crippen LogP contribution is -1.77. The minimum absolute atomic E-state index is 0.145. The van der Waals surface area contributed by atoms with E-state index < -0.39 is 0 Å². The first-order valence-corrected chi connectivity index (χ1v) is 3.88. The van der Waals surface area contributed by atoms with Crippen LogP contribution in [0.5, 0.6) is 5.75 Å². The third kappa shape index (κ3) is 1.10. The number of hydrogen-bond donors (Lipinski definition) is 1. The first-order chi connectivity index (χ1) is 5.77. The van der Waals surface area contributed by atoms with Crippen LogP contribution in [0.15, 0.2) is 30.5 Å². The van der Waals surface area contributed by atoms with E-state index in [2.05, 4.69) is 4.98 Å². The Morgan fingerprint density at radius 1 is 1.33 bits per heavy atom. The summed E-state index contributed by atoms with van der Waals surface area (Å²) in [5.74, 6) is 0.145. The van der Waals surface area contributed by atoms with E-state index in [4.69, 9.17) is 11.6 Å². The van der Waals surface area contributed by atoms with E-state index in [-0.39, 0.29) is 5.75 Å². The molecular weight excluding hydrogens is 174 g/mol. The molecule has 1 aromatic heterocycles. The molecule has 0 spiro atoms. The van der Waals surface area contributed by atoms with Gasteiger partial charge in [-0.2, -0.15) is 0 Å². The van der Waals surface area contributed by atoms with Crippen LogP contribution in [0.4, 0.5) is 0 Å². The average Bonchev–Trinajstić information content (AvgIpc) is 2.04. The van der Waals surface area contributed by atoms with Crippen molar-refractivity contribution in [2.75, 3.05) is 0 Å². The number of rotatable bonds is 0. The molecule has 2 nitrogen and oxygen atoms in total. The van der Waals surface area contributed by atoms with Gasteiger partial charge in [0.2, 0.25) is 0 Å². The minimum atomic E-state index is 0.145. The molecule has 0 saturated heterocycles. The molecule has 0 fully saturated rings. The number of phenolic OH excluding ortho intramolecular Hbond substituents is 1. The Morgan fingerprint density at radius 2 is 2.17 bits per heavy atom. The van der Waals surface area contributed by atoms with Gasteiger partial charge in [-0.15, -0.1) is 0 Å². The van der Waals surface area contributed by atoms with Crippen molar-refractivity contribution in [3.8, 4) is 5.75 Å². The lowest BCUT2D eigenvalue weighted by atomic mass is 10.2. The van der Waals surface area contributed by atoms with Crippen LogP contribution < -0.4 is 0 Å². The Balaban J connectivity index is 2.89. The van der Waals surface area contributed by atoms with Gasteiger partial charge >= 0.3 is 0 Å². The quantitative estimate of drug-likeness (QED) is 0.675. The highest BCUT2D eigenvalue weighted by molar-refractivity contribution is 6.35. The maximum Gasteiger partial charge on any atom is 0.119 e. The second-order valence-electron chi connectivity index (χ2n) is 2.50. The fraction of sp³-hybridized carbons (Fsp3) is 0. The lowest BCUT2D eigenvalue weighted by Gasteiger charge is -1.99. The van der Waals surface area contributed by atoms with E-state index in [0.717, 1.165) is 5.39 Å². The van der Waals surface area contributed by atoms with Gasteiger partial charge in [0.25, 0.3) is 0 Å². The van der Waals surface area contributed by atoms with Gasteiger partial charge in [0.1, 0.15) is 5.75 Å². The minimum Gasteiger partial charge on any atom is -0.508 e. The highest BCUT2D eigenvalue weighted by Gasteiger charge is 2.00. The number of nitrogens with zero attached hydrogens (tertiary/aromatic N) is 1. The summed E-state index contributed by atoms with van der Waals surface area (Å²) in [5.41, 5.74) is 0.711. The zero-order chi connectivity index (χ0) is 8.55. The molecule has 12 heavy (non-hydrogen) atoms. The molecule has 0 radical (unpaired) electrons. The number of halogens is 1. The monoisotopic (exact) mass is 179 g/mol. The van der Waals surface area contributed by atoms with Crippen LogP contribution in [0.3, 0.4) is 0 Å². The summed E-state index contributed by atoms with van der Waals surface area (Å²) in [4.78, 5) is 4.06. The average molecular weight is 180 g/mol. The molecule has 2 aromatic rings. The number of aromatic hydroxyl groups is 1. The molecule has 0 unspecified atom stereocenters. The van der Waals surface area contributed by atoms with Crippen molar-refractivity contribution < 1.29 is 5.11 Å². The number of fused-ring (bicyclic) bond motifs is 1. The number of aromatic nitrogens is 1. The van der Waals surface area contributed by atoms with Crippen LogP contribution >= 0.6 is 11.6 Å². The Labute approximate surface area is 74.4 Å². The Kier molecular flexibility index (Phi) is 1.62. The fourth-order valence-corrected chi connectivity index (χ4v) is 1.40. The Hall–Kier alpha value is -1.28. The van der Waals surface area contributed by atoms with Gasteiger partial charge in [0.15, 0.2) is 0 Å². The van der Waals surface area contributed by atoms with Crippen molar-refractivity contribution >= 4 is 22.5 Å². The molecule has 0 saturated carbocycles. The molecule has 0 bridgehead atoms. The van der Waals surface area contributed by atoms with Gasteiger partial charge in [0, 0.05) is 17.6 Å². The van der Waals surface area contributed by atoms with Crippen LogP contribution in [0.25, 0.3) is 10.9 Å². The molecule has 1 heterocycles. The van der Waals surface area contributed by atoms with E-state index in [0.29, 0.717) is 10.5 Å². The molecular formula is C9H6ClNO. The third-order valence-electron chi connectivity index (χ3n) is 1.66. The maximum absolute atomic E-state index is 9.19. The zero-order valence-corrected chi connectivity index (χ0v) is 6.92. The van der Waals surface area contributed by atoms with Crippen LogP contribution in [0.2, 0.25) is 5.02 Å². The van der Waals surface area contributed by atoms with E-state index in [1.807, 2.05) is 12.1 Å². The van der Waals surface area contributed by atoms with Crippen molar-refractivity contribution in [2.24, 2.45) is 0 Å². The number of benzene rings is 1. The summed E-state index contributed by atoms with van der Waals surface area (Å²) in [6.07, 6.45) is 1.66. The third-order valence-corrected chi connectivity index (χ3v) is 1.97. The van der Waals surface area contributed by atoms with E-state index >= 15 is 0 Å². The first-order valence-electron chi connectivity index (χ1n) is 3.50. The predicted molar refractivity (Wildman–Crippen MR) is 48.4 cm³/mol. The maximum atomic E-state index is 9.19. The standard InChI is InChI=1S/C9H6ClNO/c10-8-4-6(12)5-9-7(8)2-1-3-11-9/h1-5,12H. The topological polar surface area (TPSA) is 33.1 Å². The molecule has 0 atom stereocenters. The second-order valence-corrected chi connectivity index (χ2v) is 2.90. The summed E-state index contributed by atoms with van der Waals surface area (Å²) >= 11 is 5.86. The van der Waals surface area contributed by atoms with Crippen molar-refractivity contribution in [1.29, 1.82) is 0 Å². The summed E-state index contributed by atoms with van der Waals surface area (Å²) < 4.78 is 0. The summed E-state index contributed by atoms with van der Waals surface area (Å²) in [5, 5.41) is 10.6. The molecule has 0 aliphatic carbocycles. The van der Waals surface area contributed by atoms with Gasteiger partial charge in [-0.3, -0.25) is 4.98 Å². The Bertz CT molecular complexity index is 428. The smallest absolute Gasteiger partial charge is 0.119 e. The van der Waals surface area contributed by atoms with Crippen LogP contribution in [0, 0.1) is 0 Å². The van der Waals surface area contributed by atoms with Crippen LogP contribution in [-0.2, 0) is 0 Å².